The number of hydrazine groups is 1. The first-order valence-corrected chi connectivity index (χ1v) is 2.52. The zero-order valence-corrected chi connectivity index (χ0v) is 4.27. The topological polar surface area (TPSA) is 37.2 Å². The first-order valence-electron chi connectivity index (χ1n) is 2.52. The van der Waals surface area contributed by atoms with E-state index >= 15 is 0 Å². The van der Waals surface area contributed by atoms with E-state index < -0.39 is 0 Å². The average Bonchev–Trinajstić information content (AvgIpc) is 2.15. The molecular formula is C5H6N2O. The van der Waals surface area contributed by atoms with Crippen LogP contribution >= 0.6 is 0 Å². The molecule has 1 aromatic heterocycles. The summed E-state index contributed by atoms with van der Waals surface area (Å²) < 4.78 is 5.05. The van der Waals surface area contributed by atoms with Crippen LogP contribution in [0.15, 0.2) is 16.7 Å². The number of hydrogen-bond acceptors (Lipinski definition) is 3. The molecule has 0 saturated carbocycles. The smallest absolute Gasteiger partial charge is 0.143 e. The van der Waals surface area contributed by atoms with E-state index in [0.717, 1.165) is 18.0 Å². The highest BCUT2D eigenvalue weighted by Gasteiger charge is 2.10. The third-order valence-corrected chi connectivity index (χ3v) is 1.22. The van der Waals surface area contributed by atoms with Gasteiger partial charge >= 0.3 is 0 Å². The third kappa shape index (κ3) is 0.364. The van der Waals surface area contributed by atoms with Crippen molar-refractivity contribution in [3.8, 4) is 0 Å². The Morgan fingerprint density at radius 2 is 2.62 bits per heavy atom. The van der Waals surface area contributed by atoms with Crippen LogP contribution in [0.2, 0.25) is 0 Å². The second kappa shape index (κ2) is 1.26. The van der Waals surface area contributed by atoms with Crippen LogP contribution in [-0.2, 0) is 6.54 Å². The molecule has 0 aromatic carbocycles. The van der Waals surface area contributed by atoms with Gasteiger partial charge in [0, 0.05) is 6.07 Å². The predicted octanol–water partition coefficient (Wildman–Crippen LogP) is 0.710. The predicted molar refractivity (Wildman–Crippen MR) is 29.2 cm³/mol. The Labute approximate surface area is 46.7 Å². The maximum Gasteiger partial charge on any atom is 0.143 e. The van der Waals surface area contributed by atoms with E-state index in [1.807, 2.05) is 6.07 Å². The molecule has 0 atom stereocenters. The van der Waals surface area contributed by atoms with Gasteiger partial charge in [0.2, 0.25) is 0 Å². The lowest BCUT2D eigenvalue weighted by atomic mass is 10.4. The van der Waals surface area contributed by atoms with Crippen LogP contribution in [0.1, 0.15) is 5.76 Å². The summed E-state index contributed by atoms with van der Waals surface area (Å²) >= 11 is 0. The number of rotatable bonds is 0. The van der Waals surface area contributed by atoms with Gasteiger partial charge in [0.1, 0.15) is 5.76 Å². The van der Waals surface area contributed by atoms with Gasteiger partial charge in [-0.25, -0.2) is 5.43 Å². The van der Waals surface area contributed by atoms with Crippen molar-refractivity contribution >= 4 is 5.69 Å². The molecule has 8 heavy (non-hydrogen) atoms. The van der Waals surface area contributed by atoms with E-state index in [1.54, 1.807) is 6.26 Å². The molecule has 2 heterocycles. The van der Waals surface area contributed by atoms with Crippen LogP contribution in [0, 0.1) is 0 Å². The molecule has 0 unspecified atom stereocenters. The van der Waals surface area contributed by atoms with Crippen molar-refractivity contribution in [2.45, 2.75) is 6.54 Å². The van der Waals surface area contributed by atoms with E-state index in [9.17, 15) is 0 Å². The highest BCUT2D eigenvalue weighted by Crippen LogP contribution is 2.18. The normalized spacial score (nSPS) is 15.5. The fraction of sp³-hybridized carbons (Fsp3) is 0.200. The highest BCUT2D eigenvalue weighted by molar-refractivity contribution is 5.48. The molecule has 42 valence electrons. The van der Waals surface area contributed by atoms with Crippen LogP contribution in [0.4, 0.5) is 5.69 Å². The summed E-state index contributed by atoms with van der Waals surface area (Å²) in [5.74, 6) is 0.991. The van der Waals surface area contributed by atoms with Crippen molar-refractivity contribution in [2.75, 3.05) is 5.43 Å². The first-order chi connectivity index (χ1) is 3.97. The fourth-order valence-corrected chi connectivity index (χ4v) is 0.809. The molecule has 0 bridgehead atoms. The molecule has 2 rings (SSSR count). The van der Waals surface area contributed by atoms with Crippen molar-refractivity contribution in [1.82, 2.24) is 5.43 Å². The number of anilines is 1. The number of nitrogens with one attached hydrogen (secondary N) is 2. The van der Waals surface area contributed by atoms with E-state index in [2.05, 4.69) is 10.9 Å². The lowest BCUT2D eigenvalue weighted by Crippen LogP contribution is -2.11. The maximum atomic E-state index is 5.05. The first kappa shape index (κ1) is 3.97. The molecule has 0 spiro atoms. The Kier molecular flexibility index (Phi) is 0.625. The summed E-state index contributed by atoms with van der Waals surface area (Å²) in [5, 5.41) is 0. The second-order valence-corrected chi connectivity index (χ2v) is 1.74. The van der Waals surface area contributed by atoms with Crippen LogP contribution in [-0.4, -0.2) is 0 Å². The van der Waals surface area contributed by atoms with Gasteiger partial charge in [-0.2, -0.15) is 0 Å². The highest BCUT2D eigenvalue weighted by atomic mass is 16.3. The van der Waals surface area contributed by atoms with Crippen LogP contribution in [0.5, 0.6) is 0 Å². The van der Waals surface area contributed by atoms with Crippen molar-refractivity contribution in [3.63, 3.8) is 0 Å². The molecule has 3 nitrogen and oxygen atoms in total. The molecular weight excluding hydrogens is 104 g/mol. The Morgan fingerprint density at radius 1 is 1.62 bits per heavy atom. The summed E-state index contributed by atoms with van der Waals surface area (Å²) in [7, 11) is 0. The molecule has 0 aliphatic carbocycles. The van der Waals surface area contributed by atoms with Crippen molar-refractivity contribution in [2.24, 2.45) is 0 Å². The molecule has 1 aromatic rings. The lowest BCUT2D eigenvalue weighted by molar-refractivity contribution is 0.509. The SMILES string of the molecule is c1cc2c(o1)CNN2. The standard InChI is InChI=1S/C5H6N2O/c1-2-8-5-3-6-7-4(1)5/h1-2,6-7H,3H2. The van der Waals surface area contributed by atoms with Gasteiger partial charge in [-0.3, -0.25) is 0 Å². The minimum atomic E-state index is 0.794. The Balaban J connectivity index is 2.54. The van der Waals surface area contributed by atoms with E-state index in [1.165, 1.54) is 0 Å². The molecule has 0 fully saturated rings. The van der Waals surface area contributed by atoms with Gasteiger partial charge in [0.05, 0.1) is 18.5 Å². The summed E-state index contributed by atoms with van der Waals surface area (Å²) in [4.78, 5) is 0. The molecule has 0 radical (unpaired) electrons. The summed E-state index contributed by atoms with van der Waals surface area (Å²) in [5.41, 5.74) is 6.92. The Bertz CT molecular complexity index is 176. The van der Waals surface area contributed by atoms with Crippen LogP contribution in [0.3, 0.4) is 0 Å². The van der Waals surface area contributed by atoms with Crippen LogP contribution < -0.4 is 10.9 Å². The fourth-order valence-electron chi connectivity index (χ4n) is 0.809. The van der Waals surface area contributed by atoms with E-state index in [-0.39, 0.29) is 0 Å². The van der Waals surface area contributed by atoms with Gasteiger partial charge in [0.15, 0.2) is 0 Å². The zero-order chi connectivity index (χ0) is 5.40. The quantitative estimate of drug-likeness (QED) is 0.516. The summed E-state index contributed by atoms with van der Waals surface area (Å²) in [6, 6.07) is 1.90. The Morgan fingerprint density at radius 3 is 3.50 bits per heavy atom. The average molecular weight is 110 g/mol. The Hall–Kier alpha value is -0.960. The van der Waals surface area contributed by atoms with Gasteiger partial charge in [-0.15, -0.1) is 0 Å². The molecule has 0 amide bonds. The number of furan rings is 1. The summed E-state index contributed by atoms with van der Waals surface area (Å²) in [6.45, 7) is 0.794. The second-order valence-electron chi connectivity index (χ2n) is 1.74. The number of fused-ring (bicyclic) bond motifs is 1. The lowest BCUT2D eigenvalue weighted by Gasteiger charge is -1.87. The van der Waals surface area contributed by atoms with Crippen molar-refractivity contribution in [1.29, 1.82) is 0 Å². The third-order valence-electron chi connectivity index (χ3n) is 1.22. The van der Waals surface area contributed by atoms with Gasteiger partial charge in [-0.1, -0.05) is 0 Å². The summed E-state index contributed by atoms with van der Waals surface area (Å²) in [6.07, 6.45) is 1.68. The maximum absolute atomic E-state index is 5.05. The molecule has 0 saturated heterocycles. The monoisotopic (exact) mass is 110 g/mol. The van der Waals surface area contributed by atoms with Gasteiger partial charge < -0.3 is 9.84 Å². The van der Waals surface area contributed by atoms with Gasteiger partial charge in [0.25, 0.3) is 0 Å². The molecule has 1 aliphatic rings. The van der Waals surface area contributed by atoms with Crippen molar-refractivity contribution in [3.05, 3.63) is 18.1 Å². The molecule has 1 aliphatic heterocycles. The number of hydrogen-bond donors (Lipinski definition) is 2. The van der Waals surface area contributed by atoms with E-state index in [4.69, 9.17) is 4.42 Å². The zero-order valence-electron chi connectivity index (χ0n) is 4.27. The minimum absolute atomic E-state index is 0.794. The largest absolute Gasteiger partial charge is 0.466 e. The van der Waals surface area contributed by atoms with Crippen LogP contribution in [0.25, 0.3) is 0 Å². The molecule has 2 N–H and O–H groups in total. The van der Waals surface area contributed by atoms with Crippen molar-refractivity contribution < 1.29 is 4.42 Å². The minimum Gasteiger partial charge on any atom is -0.466 e. The van der Waals surface area contributed by atoms with Gasteiger partial charge in [-0.05, 0) is 0 Å². The molecule has 3 heteroatoms. The van der Waals surface area contributed by atoms with E-state index in [0.29, 0.717) is 0 Å².